The van der Waals surface area contributed by atoms with Crippen molar-refractivity contribution < 1.29 is 9.50 Å². The van der Waals surface area contributed by atoms with Crippen molar-refractivity contribution in [3.05, 3.63) is 34.6 Å². The van der Waals surface area contributed by atoms with E-state index in [1.54, 1.807) is 12.1 Å². The number of aliphatic hydroxyl groups is 1. The molecule has 0 amide bonds. The summed E-state index contributed by atoms with van der Waals surface area (Å²) >= 11 is 6.10. The van der Waals surface area contributed by atoms with E-state index >= 15 is 0 Å². The lowest BCUT2D eigenvalue weighted by Gasteiger charge is -2.48. The van der Waals surface area contributed by atoms with Crippen LogP contribution < -0.4 is 0 Å². The van der Waals surface area contributed by atoms with Crippen molar-refractivity contribution in [2.45, 2.75) is 50.7 Å². The maximum atomic E-state index is 14.0. The van der Waals surface area contributed by atoms with Crippen molar-refractivity contribution >= 4 is 11.6 Å². The molecule has 2 rings (SSSR count). The summed E-state index contributed by atoms with van der Waals surface area (Å²) in [6.07, 6.45) is 3.72. The SMILES string of the molecule is CC1CCC(C(O)Cc2c(F)cccc2Cl)(N(C)C)CC1. The van der Waals surface area contributed by atoms with Gasteiger partial charge in [-0.3, -0.25) is 0 Å². The highest BCUT2D eigenvalue weighted by molar-refractivity contribution is 6.31. The van der Waals surface area contributed by atoms with E-state index < -0.39 is 6.10 Å². The number of hydrogen-bond donors (Lipinski definition) is 1. The number of rotatable bonds is 4. The summed E-state index contributed by atoms with van der Waals surface area (Å²) in [7, 11) is 4.00. The van der Waals surface area contributed by atoms with Gasteiger partial charge in [0.05, 0.1) is 6.10 Å². The first kappa shape index (κ1) is 16.7. The summed E-state index contributed by atoms with van der Waals surface area (Å²) in [6, 6.07) is 4.68. The Hall–Kier alpha value is -0.640. The van der Waals surface area contributed by atoms with E-state index in [4.69, 9.17) is 11.6 Å². The van der Waals surface area contributed by atoms with Gasteiger partial charge in [0.15, 0.2) is 0 Å². The molecule has 1 aromatic carbocycles. The van der Waals surface area contributed by atoms with Crippen LogP contribution in [0.3, 0.4) is 0 Å². The highest BCUT2D eigenvalue weighted by Gasteiger charge is 2.42. The van der Waals surface area contributed by atoms with Gasteiger partial charge >= 0.3 is 0 Å². The smallest absolute Gasteiger partial charge is 0.127 e. The molecule has 1 saturated carbocycles. The van der Waals surface area contributed by atoms with E-state index in [9.17, 15) is 9.50 Å². The lowest BCUT2D eigenvalue weighted by atomic mass is 9.72. The summed E-state index contributed by atoms with van der Waals surface area (Å²) in [5.74, 6) is 0.363. The Morgan fingerprint density at radius 3 is 2.52 bits per heavy atom. The number of aliphatic hydroxyl groups excluding tert-OH is 1. The first-order valence-corrected chi connectivity index (χ1v) is 8.03. The zero-order valence-electron chi connectivity index (χ0n) is 13.1. The van der Waals surface area contributed by atoms with Crippen LogP contribution in [0.15, 0.2) is 18.2 Å². The fourth-order valence-electron chi connectivity index (χ4n) is 3.45. The van der Waals surface area contributed by atoms with Gasteiger partial charge in [-0.15, -0.1) is 0 Å². The summed E-state index contributed by atoms with van der Waals surface area (Å²) in [5, 5.41) is 11.2. The zero-order valence-corrected chi connectivity index (χ0v) is 13.8. The Morgan fingerprint density at radius 1 is 1.38 bits per heavy atom. The largest absolute Gasteiger partial charge is 0.391 e. The molecule has 1 N–H and O–H groups in total. The van der Waals surface area contributed by atoms with E-state index in [-0.39, 0.29) is 17.8 Å². The number of hydrogen-bond acceptors (Lipinski definition) is 2. The topological polar surface area (TPSA) is 23.5 Å². The normalized spacial score (nSPS) is 27.9. The third kappa shape index (κ3) is 3.41. The molecule has 1 atom stereocenters. The molecule has 0 aromatic heterocycles. The van der Waals surface area contributed by atoms with E-state index in [0.29, 0.717) is 16.5 Å². The average Bonchev–Trinajstić information content (AvgIpc) is 2.43. The standard InChI is InChI=1S/C17H25ClFNO/c1-12-7-9-17(10-8-12,20(2)3)16(21)11-13-14(18)5-4-6-15(13)19/h4-6,12,16,21H,7-11H2,1-3H3. The fraction of sp³-hybridized carbons (Fsp3) is 0.647. The summed E-state index contributed by atoms with van der Waals surface area (Å²) in [4.78, 5) is 2.11. The lowest BCUT2D eigenvalue weighted by Crippen LogP contribution is -2.56. The van der Waals surface area contributed by atoms with Gasteiger partial charge in [0, 0.05) is 22.5 Å². The Labute approximate surface area is 131 Å². The minimum atomic E-state index is -0.616. The van der Waals surface area contributed by atoms with Crippen LogP contribution in [-0.2, 0) is 6.42 Å². The second-order valence-electron chi connectivity index (χ2n) is 6.60. The van der Waals surface area contributed by atoms with E-state index in [1.165, 1.54) is 6.07 Å². The molecule has 0 saturated heterocycles. The predicted molar refractivity (Wildman–Crippen MR) is 85.2 cm³/mol. The quantitative estimate of drug-likeness (QED) is 0.911. The van der Waals surface area contributed by atoms with Gasteiger partial charge in [-0.1, -0.05) is 24.6 Å². The first-order chi connectivity index (χ1) is 9.86. The predicted octanol–water partition coefficient (Wildman–Crippen LogP) is 3.89. The molecule has 1 fully saturated rings. The summed E-state index contributed by atoms with van der Waals surface area (Å²) in [5.41, 5.74) is 0.143. The van der Waals surface area contributed by atoms with Crippen LogP contribution in [0.4, 0.5) is 4.39 Å². The van der Waals surface area contributed by atoms with Crippen LogP contribution in [0.2, 0.25) is 5.02 Å². The molecule has 21 heavy (non-hydrogen) atoms. The number of likely N-dealkylation sites (N-methyl/N-ethyl adjacent to an activating group) is 1. The third-order valence-corrected chi connectivity index (χ3v) is 5.46. The van der Waals surface area contributed by atoms with Gasteiger partial charge in [0.2, 0.25) is 0 Å². The van der Waals surface area contributed by atoms with E-state index in [1.807, 2.05) is 14.1 Å². The lowest BCUT2D eigenvalue weighted by molar-refractivity contribution is -0.0385. The molecule has 1 aliphatic rings. The van der Waals surface area contributed by atoms with E-state index in [2.05, 4.69) is 11.8 Å². The van der Waals surface area contributed by atoms with Gasteiger partial charge in [-0.05, 0) is 57.8 Å². The average molecular weight is 314 g/mol. The third-order valence-electron chi connectivity index (χ3n) is 5.11. The fourth-order valence-corrected chi connectivity index (χ4v) is 3.69. The van der Waals surface area contributed by atoms with Crippen molar-refractivity contribution in [2.75, 3.05) is 14.1 Å². The monoisotopic (exact) mass is 313 g/mol. The van der Waals surface area contributed by atoms with Crippen LogP contribution in [0.5, 0.6) is 0 Å². The molecule has 0 heterocycles. The summed E-state index contributed by atoms with van der Waals surface area (Å²) in [6.45, 7) is 2.25. The Morgan fingerprint density at radius 2 is 2.00 bits per heavy atom. The molecule has 118 valence electrons. The molecule has 4 heteroatoms. The Bertz CT molecular complexity index is 463. The molecule has 2 nitrogen and oxygen atoms in total. The summed E-state index contributed by atoms with van der Waals surface area (Å²) < 4.78 is 14.0. The molecule has 0 radical (unpaired) electrons. The maximum absolute atomic E-state index is 14.0. The van der Waals surface area contributed by atoms with Crippen LogP contribution >= 0.6 is 11.6 Å². The molecule has 0 aliphatic heterocycles. The van der Waals surface area contributed by atoms with Crippen molar-refractivity contribution in [1.82, 2.24) is 4.90 Å². The first-order valence-electron chi connectivity index (χ1n) is 7.65. The van der Waals surface area contributed by atoms with Crippen molar-refractivity contribution in [2.24, 2.45) is 5.92 Å². The minimum Gasteiger partial charge on any atom is -0.391 e. The zero-order chi connectivity index (χ0) is 15.6. The van der Waals surface area contributed by atoms with Gasteiger partial charge in [-0.25, -0.2) is 4.39 Å². The highest BCUT2D eigenvalue weighted by Crippen LogP contribution is 2.39. The van der Waals surface area contributed by atoms with Crippen LogP contribution in [0.1, 0.15) is 38.2 Å². The molecule has 0 spiro atoms. The molecule has 1 aromatic rings. The number of nitrogens with zero attached hydrogens (tertiary/aromatic N) is 1. The molecule has 0 bridgehead atoms. The number of benzene rings is 1. The van der Waals surface area contributed by atoms with Gasteiger partial charge < -0.3 is 10.0 Å². The van der Waals surface area contributed by atoms with Crippen LogP contribution in [0, 0.1) is 11.7 Å². The van der Waals surface area contributed by atoms with Crippen molar-refractivity contribution in [3.63, 3.8) is 0 Å². The highest BCUT2D eigenvalue weighted by atomic mass is 35.5. The second-order valence-corrected chi connectivity index (χ2v) is 7.01. The van der Waals surface area contributed by atoms with Crippen LogP contribution in [0.25, 0.3) is 0 Å². The second kappa shape index (κ2) is 6.64. The molecular formula is C17H25ClFNO. The van der Waals surface area contributed by atoms with Crippen molar-refractivity contribution in [3.8, 4) is 0 Å². The van der Waals surface area contributed by atoms with Gasteiger partial charge in [0.1, 0.15) is 5.82 Å². The molecule has 1 aliphatic carbocycles. The molecule has 1 unspecified atom stereocenters. The van der Waals surface area contributed by atoms with Crippen LogP contribution in [-0.4, -0.2) is 35.7 Å². The Balaban J connectivity index is 2.22. The van der Waals surface area contributed by atoms with Crippen molar-refractivity contribution in [1.29, 1.82) is 0 Å². The molecular weight excluding hydrogens is 289 g/mol. The minimum absolute atomic E-state index is 0.262. The van der Waals surface area contributed by atoms with Gasteiger partial charge in [-0.2, -0.15) is 0 Å². The number of halogens is 2. The van der Waals surface area contributed by atoms with Gasteiger partial charge in [0.25, 0.3) is 0 Å². The van der Waals surface area contributed by atoms with E-state index in [0.717, 1.165) is 25.7 Å². The Kier molecular flexibility index (Phi) is 5.29. The maximum Gasteiger partial charge on any atom is 0.127 e.